The third-order valence-electron chi connectivity index (χ3n) is 4.31. The second-order valence-corrected chi connectivity index (χ2v) is 5.94. The zero-order chi connectivity index (χ0) is 16.2. The largest absolute Gasteiger partial charge is 0.497 e. The van der Waals surface area contributed by atoms with Crippen LogP contribution in [-0.4, -0.2) is 14.2 Å². The number of methoxy groups -OCH3 is 2. The first-order chi connectivity index (χ1) is 11.2. The maximum absolute atomic E-state index is 13.8. The Morgan fingerprint density at radius 2 is 1.83 bits per heavy atom. The van der Waals surface area contributed by atoms with Crippen LogP contribution in [0.4, 0.5) is 4.39 Å². The Balaban J connectivity index is 1.69. The summed E-state index contributed by atoms with van der Waals surface area (Å²) in [5, 5.41) is 3.57. The van der Waals surface area contributed by atoms with E-state index in [1.54, 1.807) is 13.2 Å². The van der Waals surface area contributed by atoms with Gasteiger partial charge in [0.05, 0.1) is 14.2 Å². The van der Waals surface area contributed by atoms with Gasteiger partial charge in [-0.2, -0.15) is 0 Å². The van der Waals surface area contributed by atoms with Gasteiger partial charge in [0.15, 0.2) is 11.6 Å². The quantitative estimate of drug-likeness (QED) is 0.835. The first-order valence-electron chi connectivity index (χ1n) is 7.91. The minimum Gasteiger partial charge on any atom is -0.497 e. The Labute approximate surface area is 136 Å². The Kier molecular flexibility index (Phi) is 4.82. The topological polar surface area (TPSA) is 30.5 Å². The molecule has 0 aromatic heterocycles. The number of hydrogen-bond acceptors (Lipinski definition) is 3. The van der Waals surface area contributed by atoms with Crippen molar-refractivity contribution < 1.29 is 13.9 Å². The van der Waals surface area contributed by atoms with Crippen LogP contribution in [0, 0.1) is 11.7 Å². The highest BCUT2D eigenvalue weighted by Crippen LogP contribution is 2.41. The van der Waals surface area contributed by atoms with E-state index in [4.69, 9.17) is 9.47 Å². The average molecular weight is 315 g/mol. The van der Waals surface area contributed by atoms with Gasteiger partial charge < -0.3 is 14.8 Å². The Bertz CT molecular complexity index is 653. The molecule has 0 heterocycles. The molecule has 0 bridgehead atoms. The van der Waals surface area contributed by atoms with Crippen molar-refractivity contribution in [3.8, 4) is 11.5 Å². The van der Waals surface area contributed by atoms with Crippen molar-refractivity contribution in [2.24, 2.45) is 5.92 Å². The highest BCUT2D eigenvalue weighted by Gasteiger charge is 2.31. The van der Waals surface area contributed by atoms with Crippen molar-refractivity contribution in [1.29, 1.82) is 0 Å². The average Bonchev–Trinajstić information content (AvgIpc) is 3.41. The van der Waals surface area contributed by atoms with E-state index in [1.165, 1.54) is 31.6 Å². The second-order valence-electron chi connectivity index (χ2n) is 5.94. The molecule has 1 atom stereocenters. The fraction of sp³-hybridized carbons (Fsp3) is 0.368. The summed E-state index contributed by atoms with van der Waals surface area (Å²) in [4.78, 5) is 0. The summed E-state index contributed by atoms with van der Waals surface area (Å²) in [7, 11) is 3.15. The third kappa shape index (κ3) is 3.82. The molecule has 3 nitrogen and oxygen atoms in total. The summed E-state index contributed by atoms with van der Waals surface area (Å²) in [5.74, 6) is 1.48. The van der Waals surface area contributed by atoms with Crippen LogP contribution in [-0.2, 0) is 6.54 Å². The fourth-order valence-corrected chi connectivity index (χ4v) is 2.85. The number of benzene rings is 2. The lowest BCUT2D eigenvalue weighted by molar-refractivity contribution is 0.385. The molecule has 0 aliphatic heterocycles. The summed E-state index contributed by atoms with van der Waals surface area (Å²) in [5.41, 5.74) is 2.17. The van der Waals surface area contributed by atoms with E-state index in [0.29, 0.717) is 18.5 Å². The molecule has 0 saturated heterocycles. The van der Waals surface area contributed by atoms with Crippen LogP contribution in [0.5, 0.6) is 11.5 Å². The molecule has 0 radical (unpaired) electrons. The van der Waals surface area contributed by atoms with Gasteiger partial charge in [0.2, 0.25) is 0 Å². The summed E-state index contributed by atoms with van der Waals surface area (Å²) in [6, 6.07) is 13.6. The smallest absolute Gasteiger partial charge is 0.165 e. The number of ether oxygens (including phenoxy) is 2. The zero-order valence-electron chi connectivity index (χ0n) is 13.5. The molecule has 122 valence electrons. The van der Waals surface area contributed by atoms with Crippen LogP contribution in [0.1, 0.15) is 30.0 Å². The molecule has 1 N–H and O–H groups in total. The van der Waals surface area contributed by atoms with Crippen molar-refractivity contribution in [3.05, 3.63) is 59.4 Å². The monoisotopic (exact) mass is 315 g/mol. The van der Waals surface area contributed by atoms with E-state index in [1.807, 2.05) is 18.2 Å². The standard InChI is InChI=1S/C19H22FNO2/c1-22-16-8-6-15(7-9-16)19(14-4-5-14)21-12-13-3-10-18(23-2)17(20)11-13/h3,6-11,14,19,21H,4-5,12H2,1-2H3. The molecule has 23 heavy (non-hydrogen) atoms. The van der Waals surface area contributed by atoms with E-state index < -0.39 is 0 Å². The molecule has 2 aromatic carbocycles. The molecule has 2 aromatic rings. The Morgan fingerprint density at radius 1 is 1.09 bits per heavy atom. The Morgan fingerprint density at radius 3 is 2.39 bits per heavy atom. The molecule has 0 amide bonds. The molecule has 1 aliphatic carbocycles. The summed E-state index contributed by atoms with van der Waals surface area (Å²) < 4.78 is 24.0. The van der Waals surface area contributed by atoms with Crippen LogP contribution in [0.2, 0.25) is 0 Å². The lowest BCUT2D eigenvalue weighted by Gasteiger charge is -2.19. The Hall–Kier alpha value is -2.07. The lowest BCUT2D eigenvalue weighted by Crippen LogP contribution is -2.22. The van der Waals surface area contributed by atoms with Gasteiger partial charge in [-0.25, -0.2) is 4.39 Å². The minimum absolute atomic E-state index is 0.280. The molecule has 1 fully saturated rings. The molecule has 0 spiro atoms. The van der Waals surface area contributed by atoms with Gasteiger partial charge in [0, 0.05) is 12.6 Å². The van der Waals surface area contributed by atoms with Crippen molar-refractivity contribution in [3.63, 3.8) is 0 Å². The molecule has 4 heteroatoms. The summed E-state index contributed by atoms with van der Waals surface area (Å²) in [6.45, 7) is 0.633. The predicted octanol–water partition coefficient (Wildman–Crippen LogP) is 4.08. The van der Waals surface area contributed by atoms with E-state index >= 15 is 0 Å². The van der Waals surface area contributed by atoms with Crippen molar-refractivity contribution >= 4 is 0 Å². The number of hydrogen-bond donors (Lipinski definition) is 1. The molecule has 1 unspecified atom stereocenters. The van der Waals surface area contributed by atoms with Gasteiger partial charge in [-0.3, -0.25) is 0 Å². The number of rotatable bonds is 7. The fourth-order valence-electron chi connectivity index (χ4n) is 2.85. The van der Waals surface area contributed by atoms with Gasteiger partial charge in [-0.05, 0) is 54.2 Å². The van der Waals surface area contributed by atoms with Gasteiger partial charge in [0.25, 0.3) is 0 Å². The van der Waals surface area contributed by atoms with Gasteiger partial charge in [0.1, 0.15) is 5.75 Å². The van der Waals surface area contributed by atoms with Crippen molar-refractivity contribution in [2.45, 2.75) is 25.4 Å². The SMILES string of the molecule is COc1ccc(C(NCc2ccc(OC)c(F)c2)C2CC2)cc1. The third-order valence-corrected chi connectivity index (χ3v) is 4.31. The zero-order valence-corrected chi connectivity index (χ0v) is 13.5. The van der Waals surface area contributed by atoms with Crippen LogP contribution in [0.25, 0.3) is 0 Å². The highest BCUT2D eigenvalue weighted by molar-refractivity contribution is 5.31. The maximum atomic E-state index is 13.8. The second kappa shape index (κ2) is 7.01. The van der Waals surface area contributed by atoms with E-state index in [9.17, 15) is 4.39 Å². The van der Waals surface area contributed by atoms with Crippen LogP contribution < -0.4 is 14.8 Å². The van der Waals surface area contributed by atoms with Crippen molar-refractivity contribution in [1.82, 2.24) is 5.32 Å². The molecular formula is C19H22FNO2. The molecule has 3 rings (SSSR count). The van der Waals surface area contributed by atoms with Gasteiger partial charge in [-0.1, -0.05) is 18.2 Å². The molecule has 1 saturated carbocycles. The van der Waals surface area contributed by atoms with Gasteiger partial charge in [-0.15, -0.1) is 0 Å². The van der Waals surface area contributed by atoms with Crippen LogP contribution in [0.15, 0.2) is 42.5 Å². The summed E-state index contributed by atoms with van der Waals surface area (Å²) >= 11 is 0. The first kappa shape index (κ1) is 15.8. The van der Waals surface area contributed by atoms with Gasteiger partial charge >= 0.3 is 0 Å². The van der Waals surface area contributed by atoms with Crippen molar-refractivity contribution in [2.75, 3.05) is 14.2 Å². The predicted molar refractivity (Wildman–Crippen MR) is 88.3 cm³/mol. The lowest BCUT2D eigenvalue weighted by atomic mass is 10.0. The van der Waals surface area contributed by atoms with E-state index in [-0.39, 0.29) is 11.6 Å². The first-order valence-corrected chi connectivity index (χ1v) is 7.91. The molecular weight excluding hydrogens is 293 g/mol. The van der Waals surface area contributed by atoms with Crippen LogP contribution >= 0.6 is 0 Å². The molecule has 1 aliphatic rings. The van der Waals surface area contributed by atoms with E-state index in [0.717, 1.165) is 11.3 Å². The van der Waals surface area contributed by atoms with E-state index in [2.05, 4.69) is 17.4 Å². The maximum Gasteiger partial charge on any atom is 0.165 e. The normalized spacial score (nSPS) is 15.3. The number of nitrogens with one attached hydrogen (secondary N) is 1. The number of halogens is 1. The summed E-state index contributed by atoms with van der Waals surface area (Å²) in [6.07, 6.45) is 2.47. The highest BCUT2D eigenvalue weighted by atomic mass is 19.1. The minimum atomic E-state index is -0.320. The van der Waals surface area contributed by atoms with Crippen LogP contribution in [0.3, 0.4) is 0 Å².